The summed E-state index contributed by atoms with van der Waals surface area (Å²) in [6.45, 7) is 9.34. The zero-order valence-electron chi connectivity index (χ0n) is 11.8. The van der Waals surface area contributed by atoms with Crippen molar-refractivity contribution in [2.45, 2.75) is 52.8 Å². The van der Waals surface area contributed by atoms with Gasteiger partial charge in [0.1, 0.15) is 0 Å². The van der Waals surface area contributed by atoms with E-state index in [2.05, 4.69) is 43.4 Å². The van der Waals surface area contributed by atoms with Gasteiger partial charge in [-0.2, -0.15) is 0 Å². The minimum absolute atomic E-state index is 0.333. The van der Waals surface area contributed by atoms with Gasteiger partial charge in [-0.25, -0.2) is 0 Å². The van der Waals surface area contributed by atoms with Crippen LogP contribution in [0.1, 0.15) is 46.1 Å². The Morgan fingerprint density at radius 1 is 1.06 bits per heavy atom. The molecule has 0 amide bonds. The lowest BCUT2D eigenvalue weighted by Gasteiger charge is -2.05. The van der Waals surface area contributed by atoms with Crippen LogP contribution in [0.25, 0.3) is 0 Å². The molecule has 0 saturated heterocycles. The average Bonchev–Trinajstić information content (AvgIpc) is 2.28. The highest BCUT2D eigenvalue weighted by molar-refractivity contribution is 6.10. The summed E-state index contributed by atoms with van der Waals surface area (Å²) in [5, 5.41) is 3.36. The molecule has 0 atom stereocenters. The Balaban J connectivity index is 0.000000557. The molecule has 0 spiro atoms. The van der Waals surface area contributed by atoms with E-state index < -0.39 is 0 Å². The standard InChI is InChI=1S/C12H19N.C3H7B/c1-3-5-11-6-8-12(9-7-11)13-10-4-2;1-3(2)4/h6-9,13H,3-5,10H2,1-2H3;3H,1-2H3. The Labute approximate surface area is 108 Å². The van der Waals surface area contributed by atoms with E-state index in [4.69, 9.17) is 7.85 Å². The number of hydrogen-bond acceptors (Lipinski definition) is 1. The van der Waals surface area contributed by atoms with Gasteiger partial charge in [-0.15, -0.1) is 0 Å². The van der Waals surface area contributed by atoms with Gasteiger partial charge < -0.3 is 5.32 Å². The second-order valence-electron chi connectivity index (χ2n) is 4.62. The molecular weight excluding hydrogens is 205 g/mol. The molecule has 0 unspecified atom stereocenters. The third kappa shape index (κ3) is 9.98. The van der Waals surface area contributed by atoms with Gasteiger partial charge in [-0.05, 0) is 30.5 Å². The van der Waals surface area contributed by atoms with Crippen molar-refractivity contribution < 1.29 is 0 Å². The fourth-order valence-electron chi connectivity index (χ4n) is 1.35. The van der Waals surface area contributed by atoms with Crippen molar-refractivity contribution in [3.63, 3.8) is 0 Å². The third-order valence-electron chi connectivity index (χ3n) is 2.07. The van der Waals surface area contributed by atoms with Crippen LogP contribution >= 0.6 is 0 Å². The molecule has 1 aromatic rings. The fourth-order valence-corrected chi connectivity index (χ4v) is 1.35. The lowest BCUT2D eigenvalue weighted by atomic mass is 9.93. The average molecular weight is 231 g/mol. The van der Waals surface area contributed by atoms with Crippen molar-refractivity contribution in [3.05, 3.63) is 29.8 Å². The molecule has 0 fully saturated rings. The Kier molecular flexibility index (Phi) is 9.70. The maximum absolute atomic E-state index is 5.11. The van der Waals surface area contributed by atoms with Crippen LogP contribution in [-0.4, -0.2) is 14.4 Å². The highest BCUT2D eigenvalue weighted by Crippen LogP contribution is 2.10. The quantitative estimate of drug-likeness (QED) is 0.738. The predicted molar refractivity (Wildman–Crippen MR) is 80.1 cm³/mol. The summed E-state index contributed by atoms with van der Waals surface area (Å²) in [4.78, 5) is 0. The summed E-state index contributed by atoms with van der Waals surface area (Å²) in [6.07, 6.45) is 3.59. The first-order valence-corrected chi connectivity index (χ1v) is 6.68. The second-order valence-corrected chi connectivity index (χ2v) is 4.62. The first kappa shape index (κ1) is 16.1. The Morgan fingerprint density at radius 2 is 1.59 bits per heavy atom. The molecule has 17 heavy (non-hydrogen) atoms. The van der Waals surface area contributed by atoms with E-state index in [9.17, 15) is 0 Å². The summed E-state index contributed by atoms with van der Waals surface area (Å²) in [7, 11) is 5.11. The largest absolute Gasteiger partial charge is 0.385 e. The first-order valence-electron chi connectivity index (χ1n) is 6.68. The van der Waals surface area contributed by atoms with Gasteiger partial charge in [0, 0.05) is 12.2 Å². The summed E-state index contributed by atoms with van der Waals surface area (Å²) >= 11 is 0. The molecule has 1 nitrogen and oxygen atoms in total. The smallest absolute Gasteiger partial charge is 0.0692 e. The molecule has 0 aliphatic rings. The highest BCUT2D eigenvalue weighted by atomic mass is 14.9. The zero-order valence-corrected chi connectivity index (χ0v) is 11.8. The molecular formula is C15H26BN. The van der Waals surface area contributed by atoms with Crippen LogP contribution in [0, 0.1) is 0 Å². The third-order valence-corrected chi connectivity index (χ3v) is 2.07. The van der Waals surface area contributed by atoms with E-state index in [-0.39, 0.29) is 0 Å². The van der Waals surface area contributed by atoms with Crippen LogP contribution in [0.2, 0.25) is 5.82 Å². The minimum Gasteiger partial charge on any atom is -0.385 e. The lowest BCUT2D eigenvalue weighted by molar-refractivity contribution is 0.921. The number of aryl methyl sites for hydroxylation is 1. The van der Waals surface area contributed by atoms with E-state index in [0.717, 1.165) is 6.54 Å². The van der Waals surface area contributed by atoms with Crippen LogP contribution in [0.3, 0.4) is 0 Å². The van der Waals surface area contributed by atoms with Gasteiger partial charge >= 0.3 is 0 Å². The van der Waals surface area contributed by atoms with E-state index in [1.807, 2.05) is 13.8 Å². The Hall–Kier alpha value is -0.915. The van der Waals surface area contributed by atoms with Crippen LogP contribution < -0.4 is 5.32 Å². The Morgan fingerprint density at radius 3 is 2.00 bits per heavy atom. The van der Waals surface area contributed by atoms with E-state index in [1.54, 1.807) is 0 Å². The van der Waals surface area contributed by atoms with Gasteiger partial charge in [-0.3, -0.25) is 0 Å². The molecule has 2 radical (unpaired) electrons. The van der Waals surface area contributed by atoms with Gasteiger partial charge in [0.15, 0.2) is 0 Å². The van der Waals surface area contributed by atoms with Crippen molar-refractivity contribution in [2.24, 2.45) is 0 Å². The topological polar surface area (TPSA) is 12.0 Å². The fraction of sp³-hybridized carbons (Fsp3) is 0.600. The van der Waals surface area contributed by atoms with Crippen molar-refractivity contribution in [2.75, 3.05) is 11.9 Å². The second kappa shape index (κ2) is 10.3. The summed E-state index contributed by atoms with van der Waals surface area (Å²) in [6, 6.07) is 8.75. The van der Waals surface area contributed by atoms with Crippen molar-refractivity contribution in [3.8, 4) is 0 Å². The van der Waals surface area contributed by atoms with Crippen LogP contribution in [0.5, 0.6) is 0 Å². The first-order chi connectivity index (χ1) is 8.10. The maximum Gasteiger partial charge on any atom is 0.0692 e. The highest BCUT2D eigenvalue weighted by Gasteiger charge is 1.92. The Bertz CT molecular complexity index is 264. The summed E-state index contributed by atoms with van der Waals surface area (Å²) in [5.74, 6) is 0.333. The number of hydrogen-bond donors (Lipinski definition) is 1. The van der Waals surface area contributed by atoms with Crippen LogP contribution in [-0.2, 0) is 6.42 Å². The summed E-state index contributed by atoms with van der Waals surface area (Å²) < 4.78 is 0. The molecule has 0 aromatic heterocycles. The predicted octanol–water partition coefficient (Wildman–Crippen LogP) is 4.44. The van der Waals surface area contributed by atoms with Crippen molar-refractivity contribution in [1.82, 2.24) is 0 Å². The zero-order chi connectivity index (χ0) is 13.1. The summed E-state index contributed by atoms with van der Waals surface area (Å²) in [5.41, 5.74) is 2.67. The molecule has 94 valence electrons. The van der Waals surface area contributed by atoms with Gasteiger partial charge in [0.2, 0.25) is 0 Å². The molecule has 0 bridgehead atoms. The number of anilines is 1. The van der Waals surface area contributed by atoms with Crippen molar-refractivity contribution >= 4 is 13.5 Å². The number of benzene rings is 1. The monoisotopic (exact) mass is 231 g/mol. The SMILES string of the molecule is CCCNc1ccc(CCC)cc1.[B]C(C)C. The normalized spacial score (nSPS) is 9.71. The minimum atomic E-state index is 0.333. The molecule has 0 aliphatic carbocycles. The maximum atomic E-state index is 5.11. The number of nitrogens with one attached hydrogen (secondary N) is 1. The van der Waals surface area contributed by atoms with E-state index in [1.165, 1.54) is 30.5 Å². The van der Waals surface area contributed by atoms with Gasteiger partial charge in [0.25, 0.3) is 0 Å². The van der Waals surface area contributed by atoms with Crippen LogP contribution in [0.15, 0.2) is 24.3 Å². The van der Waals surface area contributed by atoms with E-state index >= 15 is 0 Å². The molecule has 0 aliphatic heterocycles. The number of rotatable bonds is 5. The van der Waals surface area contributed by atoms with Gasteiger partial charge in [0.05, 0.1) is 7.85 Å². The molecule has 1 N–H and O–H groups in total. The molecule has 1 rings (SSSR count). The lowest BCUT2D eigenvalue weighted by Crippen LogP contribution is -1.99. The molecule has 2 heteroatoms. The van der Waals surface area contributed by atoms with Crippen LogP contribution in [0.4, 0.5) is 5.69 Å². The molecule has 0 heterocycles. The van der Waals surface area contributed by atoms with Gasteiger partial charge in [-0.1, -0.05) is 52.1 Å². The molecule has 1 aromatic carbocycles. The molecule has 0 saturated carbocycles. The van der Waals surface area contributed by atoms with E-state index in [0.29, 0.717) is 5.82 Å². The van der Waals surface area contributed by atoms with Crippen molar-refractivity contribution in [1.29, 1.82) is 0 Å².